The van der Waals surface area contributed by atoms with Crippen molar-refractivity contribution < 1.29 is 34.8 Å². The number of thiol groups is 1. The number of carbonyl (C=O) groups is 3. The Morgan fingerprint density at radius 2 is 1.90 bits per heavy atom. The van der Waals surface area contributed by atoms with Crippen molar-refractivity contribution in [3.63, 3.8) is 0 Å². The highest BCUT2D eigenvalue weighted by atomic mass is 35.5. The summed E-state index contributed by atoms with van der Waals surface area (Å²) in [6, 6.07) is 1.66. The summed E-state index contributed by atoms with van der Waals surface area (Å²) >= 11 is 6.71. The summed E-state index contributed by atoms with van der Waals surface area (Å²) in [5, 5.41) is 43.0. The van der Waals surface area contributed by atoms with Gasteiger partial charge in [0.2, 0.25) is 5.78 Å². The van der Waals surface area contributed by atoms with Crippen molar-refractivity contribution in [2.24, 2.45) is 11.7 Å². The van der Waals surface area contributed by atoms with Gasteiger partial charge in [0.25, 0.3) is 5.91 Å². The first-order valence-electron chi connectivity index (χ1n) is 9.30. The van der Waals surface area contributed by atoms with Crippen LogP contribution >= 0.6 is 23.4 Å². The van der Waals surface area contributed by atoms with E-state index in [9.17, 15) is 34.8 Å². The van der Waals surface area contributed by atoms with Crippen LogP contribution in [0.15, 0.2) is 39.7 Å². The minimum Gasteiger partial charge on any atom is -0.510 e. The number of aliphatic hydroxyl groups is 3. The van der Waals surface area contributed by atoms with E-state index in [2.05, 4.69) is 0 Å². The minimum atomic E-state index is -2.64. The molecular weight excluding hydrogens is 448 g/mol. The molecule has 1 amide bonds. The standard InChI is InChI=1S/C20H20ClN2O7S/c1-23(2)13-6-5-9-11(14(25)10-8(24)4-3-7(21)16(10)31-9)17(27)20(6,30)18(28)12(15(13)26)19(22)29/h3-4,6,9,13,24,26-27,30-31H,5H2,1-2H3,(H2,22,29). The lowest BCUT2D eigenvalue weighted by molar-refractivity contribution is -0.147. The van der Waals surface area contributed by atoms with Crippen LogP contribution in [0.25, 0.3) is 0 Å². The molecule has 4 rings (SSSR count). The average Bonchev–Trinajstić information content (AvgIpc) is 2.67. The van der Waals surface area contributed by atoms with Gasteiger partial charge in [-0.1, -0.05) is 11.6 Å². The number of hydrogen-bond acceptors (Lipinski definition) is 8. The Bertz CT molecular complexity index is 1130. The summed E-state index contributed by atoms with van der Waals surface area (Å²) in [6.45, 7) is 0. The predicted octanol–water partition coefficient (Wildman–Crippen LogP) is 0.808. The first kappa shape index (κ1) is 21.7. The second-order valence-corrected chi connectivity index (χ2v) is 9.73. The maximum atomic E-state index is 13.2. The molecule has 3 aliphatic rings. The topological polar surface area (TPSA) is 161 Å². The lowest BCUT2D eigenvalue weighted by Gasteiger charge is -2.50. The van der Waals surface area contributed by atoms with Gasteiger partial charge in [0.1, 0.15) is 22.8 Å². The van der Waals surface area contributed by atoms with Gasteiger partial charge in [-0.15, -0.1) is 0 Å². The third-order valence-corrected chi connectivity index (χ3v) is 8.07. The van der Waals surface area contributed by atoms with Gasteiger partial charge in [-0.2, -0.15) is 11.8 Å². The number of Topliss-reactive ketones (excluding diaryl/α,β-unsaturated/α-hetero) is 2. The lowest BCUT2D eigenvalue weighted by Crippen LogP contribution is -2.64. The number of halogens is 1. The van der Waals surface area contributed by atoms with Crippen LogP contribution in [0.4, 0.5) is 0 Å². The molecule has 0 fully saturated rings. The van der Waals surface area contributed by atoms with Crippen LogP contribution in [0.3, 0.4) is 0 Å². The molecule has 1 aromatic carbocycles. The summed E-state index contributed by atoms with van der Waals surface area (Å²) < 4.78 is 0. The summed E-state index contributed by atoms with van der Waals surface area (Å²) in [7, 11) is 3.14. The highest BCUT2D eigenvalue weighted by Gasteiger charge is 2.63. The number of fused-ring (bicyclic) bond motifs is 3. The van der Waals surface area contributed by atoms with E-state index in [0.29, 0.717) is 16.7 Å². The summed E-state index contributed by atoms with van der Waals surface area (Å²) in [4.78, 5) is 40.1. The molecule has 0 bridgehead atoms. The molecule has 4 unspecified atom stereocenters. The monoisotopic (exact) mass is 467 g/mol. The average molecular weight is 468 g/mol. The number of aliphatic hydroxyl groups excluding tert-OH is 2. The Morgan fingerprint density at radius 3 is 2.48 bits per heavy atom. The summed E-state index contributed by atoms with van der Waals surface area (Å²) in [5.41, 5.74) is 1.46. The quantitative estimate of drug-likeness (QED) is 0.275. The molecule has 4 atom stereocenters. The van der Waals surface area contributed by atoms with Gasteiger partial charge in [-0.25, -0.2) is 0 Å². The van der Waals surface area contributed by atoms with Crippen LogP contribution in [0.2, 0.25) is 5.02 Å². The van der Waals surface area contributed by atoms with Crippen LogP contribution < -0.4 is 5.73 Å². The molecule has 0 spiro atoms. The maximum absolute atomic E-state index is 13.2. The number of nitrogens with zero attached hydrogens (tertiary/aromatic N) is 1. The van der Waals surface area contributed by atoms with E-state index in [4.69, 9.17) is 17.3 Å². The van der Waals surface area contributed by atoms with Crippen LogP contribution in [-0.4, -0.2) is 73.8 Å². The summed E-state index contributed by atoms with van der Waals surface area (Å²) in [5.74, 6) is -6.22. The van der Waals surface area contributed by atoms with Gasteiger partial charge in [0.15, 0.2) is 11.4 Å². The number of rotatable bonds is 2. The number of phenolic OH excluding ortho intramolecular Hbond substituents is 1. The molecular formula is C20H20ClN2O7S. The number of hydrogen-bond donors (Lipinski definition) is 6. The fourth-order valence-electron chi connectivity index (χ4n) is 4.76. The number of primary amides is 1. The van der Waals surface area contributed by atoms with Crippen molar-refractivity contribution in [2.75, 3.05) is 14.1 Å². The number of ketones is 2. The van der Waals surface area contributed by atoms with Gasteiger partial charge in [-0.05, 0) is 32.6 Å². The van der Waals surface area contributed by atoms with Gasteiger partial charge < -0.3 is 26.2 Å². The molecule has 1 aliphatic heterocycles. The van der Waals surface area contributed by atoms with Crippen molar-refractivity contribution in [2.45, 2.75) is 28.2 Å². The highest BCUT2D eigenvalue weighted by molar-refractivity contribution is 8.00. The van der Waals surface area contributed by atoms with Crippen molar-refractivity contribution in [3.05, 3.63) is 45.4 Å². The molecule has 11 heteroatoms. The lowest BCUT2D eigenvalue weighted by atomic mass is 9.63. The number of phenols is 1. The van der Waals surface area contributed by atoms with E-state index >= 15 is 0 Å². The number of likely N-dealkylation sites (N-methyl/N-ethyl adjacent to an activating group) is 1. The highest BCUT2D eigenvalue weighted by Crippen LogP contribution is 2.55. The van der Waals surface area contributed by atoms with Gasteiger partial charge in [0.05, 0.1) is 22.2 Å². The molecule has 31 heavy (non-hydrogen) atoms. The number of carbonyl (C=O) groups excluding carboxylic acids is 3. The molecule has 0 saturated heterocycles. The number of aromatic hydroxyl groups is 1. The zero-order valence-electron chi connectivity index (χ0n) is 16.5. The van der Waals surface area contributed by atoms with E-state index in [-0.39, 0.29) is 28.3 Å². The third kappa shape index (κ3) is 2.75. The molecule has 1 heterocycles. The molecule has 0 aromatic heterocycles. The normalized spacial score (nSPS) is 30.3. The van der Waals surface area contributed by atoms with Crippen LogP contribution in [-0.2, 0) is 9.59 Å². The van der Waals surface area contributed by atoms with Gasteiger partial charge in [0, 0.05) is 16.1 Å². The SMILES string of the molecule is CN(C)C1C(O)=C(C(N)=O)C(=O)C2(O)C(O)=C3C(=O)c4c(O)ccc(Cl)c4[SH]C3CC12. The Labute approximate surface area is 185 Å². The Hall–Kier alpha value is -2.53. The Morgan fingerprint density at radius 1 is 1.26 bits per heavy atom. The van der Waals surface area contributed by atoms with Crippen LogP contribution in [0.1, 0.15) is 16.8 Å². The van der Waals surface area contributed by atoms with Gasteiger partial charge >= 0.3 is 0 Å². The fraction of sp³-hybridized carbons (Fsp3) is 0.350. The van der Waals surface area contributed by atoms with Crippen molar-refractivity contribution >= 4 is 40.8 Å². The number of benzene rings is 1. The van der Waals surface area contributed by atoms with Crippen molar-refractivity contribution in [3.8, 4) is 5.75 Å². The van der Waals surface area contributed by atoms with E-state index in [1.807, 2.05) is 0 Å². The zero-order valence-corrected chi connectivity index (χ0v) is 18.1. The fourth-order valence-corrected chi connectivity index (χ4v) is 6.62. The van der Waals surface area contributed by atoms with E-state index in [1.54, 1.807) is 14.1 Å². The smallest absolute Gasteiger partial charge is 0.255 e. The second-order valence-electron chi connectivity index (χ2n) is 8.00. The van der Waals surface area contributed by atoms with E-state index in [1.165, 1.54) is 17.0 Å². The maximum Gasteiger partial charge on any atom is 0.255 e. The minimum absolute atomic E-state index is 0.0132. The molecule has 9 nitrogen and oxygen atoms in total. The van der Waals surface area contributed by atoms with Crippen molar-refractivity contribution in [1.29, 1.82) is 0 Å². The first-order chi connectivity index (χ1) is 14.4. The largest absolute Gasteiger partial charge is 0.510 e. The predicted molar refractivity (Wildman–Crippen MR) is 113 cm³/mol. The molecule has 165 valence electrons. The van der Waals surface area contributed by atoms with E-state index in [0.717, 1.165) is 0 Å². The van der Waals surface area contributed by atoms with Crippen LogP contribution in [0, 0.1) is 5.92 Å². The van der Waals surface area contributed by atoms with Crippen molar-refractivity contribution in [1.82, 2.24) is 4.90 Å². The first-order valence-corrected chi connectivity index (χ1v) is 10.6. The molecule has 0 saturated carbocycles. The molecule has 1 radical (unpaired) electrons. The Balaban J connectivity index is 1.98. The number of nitrogens with two attached hydrogens (primary N) is 1. The Kier molecular flexibility index (Phi) is 4.89. The second kappa shape index (κ2) is 6.99. The summed E-state index contributed by atoms with van der Waals surface area (Å²) in [6.07, 6.45) is 0.0132. The van der Waals surface area contributed by atoms with E-state index < -0.39 is 57.4 Å². The van der Waals surface area contributed by atoms with Gasteiger partial charge in [-0.3, -0.25) is 19.3 Å². The number of amides is 1. The molecule has 2 aliphatic carbocycles. The van der Waals surface area contributed by atoms with Crippen LogP contribution in [0.5, 0.6) is 5.75 Å². The zero-order chi connectivity index (χ0) is 23.0. The third-order valence-electron chi connectivity index (χ3n) is 6.12. The molecule has 6 N–H and O–H groups in total. The molecule has 1 aromatic rings.